The van der Waals surface area contributed by atoms with Crippen LogP contribution in [0.15, 0.2) is 11.4 Å². The second-order valence-corrected chi connectivity index (χ2v) is 6.36. The van der Waals surface area contributed by atoms with Crippen LogP contribution in [0, 0.1) is 24.2 Å². The van der Waals surface area contributed by atoms with Crippen molar-refractivity contribution >= 4 is 23.2 Å². The van der Waals surface area contributed by atoms with Crippen molar-refractivity contribution in [3.05, 3.63) is 21.9 Å². The Morgan fingerprint density at radius 2 is 2.11 bits per heavy atom. The molecule has 1 saturated carbocycles. The van der Waals surface area contributed by atoms with E-state index in [1.165, 1.54) is 0 Å². The largest absolute Gasteiger partial charge is 0.481 e. The fourth-order valence-corrected chi connectivity index (χ4v) is 3.30. The van der Waals surface area contributed by atoms with Gasteiger partial charge in [0.05, 0.1) is 18.4 Å². The number of aryl methyl sites for hydroxylation is 1. The van der Waals surface area contributed by atoms with Gasteiger partial charge in [0, 0.05) is 4.88 Å². The third-order valence-corrected chi connectivity index (χ3v) is 4.79. The molecule has 0 unspecified atom stereocenters. The minimum Gasteiger partial charge on any atom is -0.481 e. The number of hydrogen-bond donors (Lipinski definition) is 2. The van der Waals surface area contributed by atoms with E-state index in [1.807, 2.05) is 32.2 Å². The first-order valence-corrected chi connectivity index (χ1v) is 6.77. The summed E-state index contributed by atoms with van der Waals surface area (Å²) in [4.78, 5) is 24.1. The molecule has 1 aliphatic rings. The molecule has 0 radical (unpaired) electrons. The third-order valence-electron chi connectivity index (χ3n) is 3.77. The van der Waals surface area contributed by atoms with Gasteiger partial charge in [-0.05, 0) is 29.3 Å². The third kappa shape index (κ3) is 2.14. The Labute approximate surface area is 110 Å². The molecule has 0 aliphatic heterocycles. The predicted octanol–water partition coefficient (Wildman–Crippen LogP) is 2.03. The lowest BCUT2D eigenvalue weighted by Crippen LogP contribution is -2.26. The summed E-state index contributed by atoms with van der Waals surface area (Å²) in [7, 11) is 0. The molecule has 1 aromatic rings. The lowest BCUT2D eigenvalue weighted by atomic mass is 10.1. The average Bonchev–Trinajstić information content (AvgIpc) is 2.62. The van der Waals surface area contributed by atoms with Crippen molar-refractivity contribution in [2.45, 2.75) is 27.3 Å². The molecule has 2 atom stereocenters. The van der Waals surface area contributed by atoms with Gasteiger partial charge >= 0.3 is 5.97 Å². The van der Waals surface area contributed by atoms with Gasteiger partial charge in [0.15, 0.2) is 0 Å². The number of amides is 1. The van der Waals surface area contributed by atoms with E-state index in [0.29, 0.717) is 6.54 Å². The van der Waals surface area contributed by atoms with Crippen molar-refractivity contribution < 1.29 is 14.7 Å². The molecular weight excluding hydrogens is 250 g/mol. The first kappa shape index (κ1) is 13.1. The summed E-state index contributed by atoms with van der Waals surface area (Å²) >= 11 is 1.60. The van der Waals surface area contributed by atoms with Crippen LogP contribution in [0.3, 0.4) is 0 Å². The molecule has 2 rings (SSSR count). The van der Waals surface area contributed by atoms with Gasteiger partial charge in [0.1, 0.15) is 0 Å². The van der Waals surface area contributed by atoms with Gasteiger partial charge in [-0.3, -0.25) is 9.59 Å². The lowest BCUT2D eigenvalue weighted by Gasteiger charge is -2.05. The Bertz CT molecular complexity index is 492. The number of nitrogens with one attached hydrogen (secondary N) is 1. The summed E-state index contributed by atoms with van der Waals surface area (Å²) in [5.74, 6) is -2.00. The van der Waals surface area contributed by atoms with Gasteiger partial charge in [0.2, 0.25) is 5.91 Å². The zero-order valence-corrected chi connectivity index (χ0v) is 11.5. The standard InChI is InChI=1S/C13H17NO3S/c1-7-4-5-18-8(7)6-14-11(15)9-10(12(16)17)13(9,2)3/h4-5,9-10H,6H2,1-3H3,(H,14,15)(H,16,17)/t9-,10+/m0/s1. The minimum atomic E-state index is -0.882. The highest BCUT2D eigenvalue weighted by atomic mass is 32.1. The molecule has 0 saturated heterocycles. The Balaban J connectivity index is 1.94. The SMILES string of the molecule is Cc1ccsc1CNC(=O)[C@@H]1[C@H](C(=O)O)C1(C)C. The van der Waals surface area contributed by atoms with Crippen LogP contribution < -0.4 is 5.32 Å². The highest BCUT2D eigenvalue weighted by molar-refractivity contribution is 7.10. The summed E-state index contributed by atoms with van der Waals surface area (Å²) in [6.07, 6.45) is 0. The van der Waals surface area contributed by atoms with Crippen LogP contribution in [0.4, 0.5) is 0 Å². The highest BCUT2D eigenvalue weighted by Crippen LogP contribution is 2.58. The minimum absolute atomic E-state index is 0.153. The van der Waals surface area contributed by atoms with Crippen molar-refractivity contribution in [2.24, 2.45) is 17.3 Å². The average molecular weight is 267 g/mol. The van der Waals surface area contributed by atoms with E-state index in [1.54, 1.807) is 11.3 Å². The van der Waals surface area contributed by atoms with Gasteiger partial charge in [-0.1, -0.05) is 13.8 Å². The van der Waals surface area contributed by atoms with E-state index in [4.69, 9.17) is 5.11 Å². The molecule has 18 heavy (non-hydrogen) atoms. The van der Waals surface area contributed by atoms with Crippen molar-refractivity contribution in [1.29, 1.82) is 0 Å². The summed E-state index contributed by atoms with van der Waals surface area (Å²) in [6, 6.07) is 2.01. The summed E-state index contributed by atoms with van der Waals surface area (Å²) in [5.41, 5.74) is 0.727. The van der Waals surface area contributed by atoms with Gasteiger partial charge in [-0.25, -0.2) is 0 Å². The topological polar surface area (TPSA) is 66.4 Å². The van der Waals surface area contributed by atoms with Gasteiger partial charge in [-0.2, -0.15) is 0 Å². The van der Waals surface area contributed by atoms with E-state index in [-0.39, 0.29) is 5.91 Å². The van der Waals surface area contributed by atoms with E-state index in [9.17, 15) is 9.59 Å². The zero-order chi connectivity index (χ0) is 13.5. The number of hydrogen-bond acceptors (Lipinski definition) is 3. The van der Waals surface area contributed by atoms with Crippen molar-refractivity contribution in [3.8, 4) is 0 Å². The van der Waals surface area contributed by atoms with Crippen molar-refractivity contribution in [2.75, 3.05) is 0 Å². The van der Waals surface area contributed by atoms with Crippen LogP contribution in [0.2, 0.25) is 0 Å². The number of carbonyl (C=O) groups is 2. The van der Waals surface area contributed by atoms with Crippen LogP contribution in [0.25, 0.3) is 0 Å². The summed E-state index contributed by atoms with van der Waals surface area (Å²) < 4.78 is 0. The Morgan fingerprint density at radius 1 is 1.44 bits per heavy atom. The molecule has 1 heterocycles. The van der Waals surface area contributed by atoms with Crippen LogP contribution >= 0.6 is 11.3 Å². The monoisotopic (exact) mass is 267 g/mol. The van der Waals surface area contributed by atoms with Gasteiger partial charge in [-0.15, -0.1) is 11.3 Å². The van der Waals surface area contributed by atoms with Crippen LogP contribution in [0.1, 0.15) is 24.3 Å². The number of thiophene rings is 1. The second kappa shape index (κ2) is 4.39. The van der Waals surface area contributed by atoms with Gasteiger partial charge in [0.25, 0.3) is 0 Å². The normalized spacial score (nSPS) is 24.6. The molecular formula is C13H17NO3S. The number of aliphatic carboxylic acids is 1. The molecule has 1 amide bonds. The fourth-order valence-electron chi connectivity index (χ4n) is 2.45. The van der Waals surface area contributed by atoms with Crippen molar-refractivity contribution in [3.63, 3.8) is 0 Å². The molecule has 0 spiro atoms. The fraction of sp³-hybridized carbons (Fsp3) is 0.538. The maximum atomic E-state index is 12.0. The Kier molecular flexibility index (Phi) is 3.19. The molecule has 1 fully saturated rings. The molecule has 0 bridgehead atoms. The molecule has 0 aromatic carbocycles. The quantitative estimate of drug-likeness (QED) is 0.877. The molecule has 2 N–H and O–H groups in total. The number of carboxylic acids is 1. The number of carbonyl (C=O) groups excluding carboxylic acids is 1. The predicted molar refractivity (Wildman–Crippen MR) is 69.3 cm³/mol. The molecule has 1 aliphatic carbocycles. The van der Waals surface area contributed by atoms with Crippen LogP contribution in [0.5, 0.6) is 0 Å². The Hall–Kier alpha value is -1.36. The van der Waals surface area contributed by atoms with E-state index >= 15 is 0 Å². The first-order valence-electron chi connectivity index (χ1n) is 5.89. The smallest absolute Gasteiger partial charge is 0.307 e. The summed E-state index contributed by atoms with van der Waals surface area (Å²) in [6.45, 7) is 6.14. The van der Waals surface area contributed by atoms with E-state index in [0.717, 1.165) is 10.4 Å². The maximum absolute atomic E-state index is 12.0. The molecule has 4 nitrogen and oxygen atoms in total. The van der Waals surface area contributed by atoms with E-state index < -0.39 is 23.2 Å². The highest BCUT2D eigenvalue weighted by Gasteiger charge is 2.65. The molecule has 5 heteroatoms. The first-order chi connectivity index (χ1) is 8.35. The van der Waals surface area contributed by atoms with Crippen LogP contribution in [-0.4, -0.2) is 17.0 Å². The maximum Gasteiger partial charge on any atom is 0.307 e. The molecule has 1 aromatic heterocycles. The zero-order valence-electron chi connectivity index (χ0n) is 10.7. The van der Waals surface area contributed by atoms with E-state index in [2.05, 4.69) is 5.32 Å². The number of rotatable bonds is 4. The Morgan fingerprint density at radius 3 is 2.56 bits per heavy atom. The number of carboxylic acid groups (broad SMARTS) is 1. The lowest BCUT2D eigenvalue weighted by molar-refractivity contribution is -0.140. The summed E-state index contributed by atoms with van der Waals surface area (Å²) in [5, 5.41) is 13.8. The molecule has 98 valence electrons. The van der Waals surface area contributed by atoms with Gasteiger partial charge < -0.3 is 10.4 Å². The van der Waals surface area contributed by atoms with Crippen molar-refractivity contribution in [1.82, 2.24) is 5.32 Å². The second-order valence-electron chi connectivity index (χ2n) is 5.36. The van der Waals surface area contributed by atoms with Crippen LogP contribution in [-0.2, 0) is 16.1 Å².